The number of hydrogen-bond acceptors (Lipinski definition) is 4. The highest BCUT2D eigenvalue weighted by atomic mass is 79.9. The van der Waals surface area contributed by atoms with Crippen molar-refractivity contribution >= 4 is 29.3 Å². The quantitative estimate of drug-likeness (QED) is 0.739. The maximum absolute atomic E-state index is 6.17. The first-order valence-electron chi connectivity index (χ1n) is 7.20. The van der Waals surface area contributed by atoms with E-state index >= 15 is 0 Å². The van der Waals surface area contributed by atoms with E-state index in [-0.39, 0.29) is 30.2 Å². The fourth-order valence-electron chi connectivity index (χ4n) is 2.40. The molecule has 0 bridgehead atoms. The zero-order chi connectivity index (χ0) is 14.5. The van der Waals surface area contributed by atoms with Gasteiger partial charge in [0.05, 0.1) is 29.2 Å². The Labute approximate surface area is 129 Å². The zero-order valence-corrected chi connectivity index (χ0v) is 14.0. The molecule has 3 rings (SSSR count). The lowest BCUT2D eigenvalue weighted by atomic mass is 9.68. The van der Waals surface area contributed by atoms with Crippen LogP contribution >= 0.6 is 15.9 Å². The van der Waals surface area contributed by atoms with E-state index in [2.05, 4.69) is 48.6 Å². The lowest BCUT2D eigenvalue weighted by molar-refractivity contribution is 0.00578. The van der Waals surface area contributed by atoms with Crippen molar-refractivity contribution < 1.29 is 14.0 Å². The van der Waals surface area contributed by atoms with Gasteiger partial charge in [0, 0.05) is 16.9 Å². The molecule has 1 saturated carbocycles. The topological polar surface area (TPSA) is 40.0 Å². The molecule has 3 aliphatic rings. The molecular weight excluding hydrogens is 321 g/mol. The third-order valence-electron chi connectivity index (χ3n) is 4.54. The first-order chi connectivity index (χ1) is 9.30. The highest BCUT2D eigenvalue weighted by Crippen LogP contribution is 2.46. The molecule has 110 valence electrons. The molecule has 0 radical (unpaired) electrons. The largest absolute Gasteiger partial charge is 0.469 e. The van der Waals surface area contributed by atoms with Gasteiger partial charge in [-0.05, 0) is 40.5 Å². The van der Waals surface area contributed by atoms with Gasteiger partial charge in [-0.25, -0.2) is 0 Å². The summed E-state index contributed by atoms with van der Waals surface area (Å²) in [6, 6.07) is 0. The molecule has 2 aliphatic heterocycles. The van der Waals surface area contributed by atoms with Crippen LogP contribution in [0.5, 0.6) is 0 Å². The van der Waals surface area contributed by atoms with Crippen LogP contribution in [0.4, 0.5) is 0 Å². The van der Waals surface area contributed by atoms with Crippen LogP contribution in [-0.4, -0.2) is 36.7 Å². The molecule has 0 aromatic heterocycles. The maximum atomic E-state index is 6.17. The lowest BCUT2D eigenvalue weighted by Gasteiger charge is -2.32. The number of nitrogens with zero attached hydrogens (tertiary/aromatic N) is 1. The van der Waals surface area contributed by atoms with E-state index in [1.54, 1.807) is 0 Å². The molecule has 2 atom stereocenters. The number of aliphatic imine (C=N–C) groups is 1. The van der Waals surface area contributed by atoms with Crippen molar-refractivity contribution in [1.29, 1.82) is 0 Å². The fraction of sp³-hybridized carbons (Fsp3) is 0.786. The third kappa shape index (κ3) is 2.63. The van der Waals surface area contributed by atoms with Crippen molar-refractivity contribution in [2.45, 2.75) is 69.8 Å². The smallest absolute Gasteiger partial charge is 0.403 e. The van der Waals surface area contributed by atoms with Crippen LogP contribution in [0, 0.1) is 0 Å². The second kappa shape index (κ2) is 4.94. The minimum absolute atomic E-state index is 0.00847. The van der Waals surface area contributed by atoms with Crippen molar-refractivity contribution in [3.05, 3.63) is 10.7 Å². The van der Waals surface area contributed by atoms with Crippen LogP contribution < -0.4 is 0 Å². The fourth-order valence-corrected chi connectivity index (χ4v) is 3.00. The van der Waals surface area contributed by atoms with Gasteiger partial charge < -0.3 is 14.0 Å². The number of ether oxygens (including phenoxy) is 1. The first kappa shape index (κ1) is 14.8. The Balaban J connectivity index is 1.80. The van der Waals surface area contributed by atoms with Gasteiger partial charge in [-0.15, -0.1) is 0 Å². The van der Waals surface area contributed by atoms with Crippen LogP contribution in [0.25, 0.3) is 0 Å². The Hall–Kier alpha value is -0.165. The van der Waals surface area contributed by atoms with Gasteiger partial charge in [0.2, 0.25) is 0 Å². The van der Waals surface area contributed by atoms with Crippen LogP contribution in [0.1, 0.15) is 40.5 Å². The Morgan fingerprint density at radius 2 is 1.85 bits per heavy atom. The lowest BCUT2D eigenvalue weighted by Crippen LogP contribution is -2.41. The van der Waals surface area contributed by atoms with E-state index in [1.807, 2.05) is 12.4 Å². The van der Waals surface area contributed by atoms with Crippen molar-refractivity contribution in [2.24, 2.45) is 4.99 Å². The second-order valence-corrected chi connectivity index (χ2v) is 7.68. The molecule has 1 aliphatic carbocycles. The van der Waals surface area contributed by atoms with Gasteiger partial charge in [0.1, 0.15) is 0 Å². The molecule has 2 heterocycles. The normalized spacial score (nSPS) is 35.2. The summed E-state index contributed by atoms with van der Waals surface area (Å²) in [4.78, 5) is 4.24. The predicted molar refractivity (Wildman–Crippen MR) is 83.2 cm³/mol. The number of hydrogen-bond donors (Lipinski definition) is 0. The number of rotatable bonds is 3. The van der Waals surface area contributed by atoms with Gasteiger partial charge in [-0.3, -0.25) is 4.99 Å². The van der Waals surface area contributed by atoms with E-state index in [4.69, 9.17) is 14.0 Å². The molecule has 2 fully saturated rings. The molecule has 0 spiro atoms. The zero-order valence-electron chi connectivity index (χ0n) is 12.4. The summed E-state index contributed by atoms with van der Waals surface area (Å²) in [5.74, 6) is 0.00847. The minimum atomic E-state index is -0.330. The van der Waals surface area contributed by atoms with Crippen LogP contribution in [0.15, 0.2) is 15.7 Å². The summed E-state index contributed by atoms with van der Waals surface area (Å²) >= 11 is 3.60. The molecule has 0 N–H and O–H groups in total. The summed E-state index contributed by atoms with van der Waals surface area (Å²) < 4.78 is 19.4. The first-order valence-corrected chi connectivity index (χ1v) is 7.99. The Kier molecular flexibility index (Phi) is 3.64. The minimum Gasteiger partial charge on any atom is -0.403 e. The third-order valence-corrected chi connectivity index (χ3v) is 5.28. The maximum Gasteiger partial charge on any atom is 0.469 e. The molecule has 0 amide bonds. The van der Waals surface area contributed by atoms with E-state index in [9.17, 15) is 0 Å². The van der Waals surface area contributed by atoms with Gasteiger partial charge in [-0.2, -0.15) is 0 Å². The monoisotopic (exact) mass is 341 g/mol. The molecule has 0 aromatic carbocycles. The Morgan fingerprint density at radius 3 is 2.40 bits per heavy atom. The van der Waals surface area contributed by atoms with Crippen LogP contribution in [0.3, 0.4) is 0 Å². The molecule has 6 heteroatoms. The summed E-state index contributed by atoms with van der Waals surface area (Å²) in [7, 11) is -0.318. The van der Waals surface area contributed by atoms with Gasteiger partial charge in [-0.1, -0.05) is 15.9 Å². The molecule has 4 nitrogen and oxygen atoms in total. The van der Waals surface area contributed by atoms with Crippen LogP contribution in [0.2, 0.25) is 5.82 Å². The summed E-state index contributed by atoms with van der Waals surface area (Å²) in [5.41, 5.74) is -0.659. The number of halogens is 1. The van der Waals surface area contributed by atoms with Crippen molar-refractivity contribution in [3.8, 4) is 0 Å². The van der Waals surface area contributed by atoms with E-state index in [0.29, 0.717) is 6.10 Å². The summed E-state index contributed by atoms with van der Waals surface area (Å²) in [5, 5.41) is 0. The highest BCUT2D eigenvalue weighted by Gasteiger charge is 2.56. The van der Waals surface area contributed by atoms with E-state index < -0.39 is 0 Å². The van der Waals surface area contributed by atoms with Crippen molar-refractivity contribution in [1.82, 2.24) is 0 Å². The molecule has 0 aromatic rings. The second-order valence-electron chi connectivity index (χ2n) is 6.76. The highest BCUT2D eigenvalue weighted by molar-refractivity contribution is 9.11. The van der Waals surface area contributed by atoms with Gasteiger partial charge in [0.15, 0.2) is 0 Å². The van der Waals surface area contributed by atoms with Crippen molar-refractivity contribution in [2.75, 3.05) is 0 Å². The average Bonchev–Trinajstić information content (AvgIpc) is 3.07. The summed E-state index contributed by atoms with van der Waals surface area (Å²) in [6.07, 6.45) is 6.23. The van der Waals surface area contributed by atoms with Crippen molar-refractivity contribution in [3.63, 3.8) is 0 Å². The molecule has 1 saturated heterocycles. The van der Waals surface area contributed by atoms with Crippen LogP contribution in [-0.2, 0) is 14.0 Å². The molecule has 2 unspecified atom stereocenters. The van der Waals surface area contributed by atoms with Gasteiger partial charge in [0.25, 0.3) is 0 Å². The molecular formula is C14H21BBrNO3. The Bertz CT molecular complexity index is 443. The molecule has 20 heavy (non-hydrogen) atoms. The van der Waals surface area contributed by atoms with E-state index in [1.165, 1.54) is 0 Å². The van der Waals surface area contributed by atoms with Gasteiger partial charge >= 0.3 is 7.12 Å². The SMILES string of the molecule is CC1(C)OB(C2C(Br)=CN=CC2OC2CC2)OC1(C)C. The average molecular weight is 342 g/mol. The predicted octanol–water partition coefficient (Wildman–Crippen LogP) is 3.32. The summed E-state index contributed by atoms with van der Waals surface area (Å²) in [6.45, 7) is 8.27. The standard InChI is InChI=1S/C14H21BBrNO3/c1-13(2)14(3,4)20-15(19-13)12-10(16)7-17-8-11(12)18-9-5-6-9/h7-9,11-12H,5-6H2,1-4H3. The van der Waals surface area contributed by atoms with E-state index in [0.717, 1.165) is 17.3 Å². The Morgan fingerprint density at radius 1 is 1.25 bits per heavy atom.